The van der Waals surface area contributed by atoms with Gasteiger partial charge >= 0.3 is 0 Å². The minimum Gasteiger partial charge on any atom is -0.361 e. The van der Waals surface area contributed by atoms with E-state index in [0.717, 1.165) is 49.6 Å². The molecule has 156 valence electrons. The van der Waals surface area contributed by atoms with Gasteiger partial charge in [0.2, 0.25) is 0 Å². The zero-order valence-electron chi connectivity index (χ0n) is 17.4. The number of rotatable bonds is 7. The van der Waals surface area contributed by atoms with Crippen LogP contribution in [-0.4, -0.2) is 64.2 Å². The normalized spacial score (nSPS) is 16.3. The predicted octanol–water partition coefficient (Wildman–Crippen LogP) is 3.25. The monoisotopic (exact) mass is 405 g/mol. The Morgan fingerprint density at radius 2 is 1.97 bits per heavy atom. The van der Waals surface area contributed by atoms with Gasteiger partial charge in [-0.3, -0.25) is 4.90 Å². The summed E-state index contributed by atoms with van der Waals surface area (Å²) in [5.74, 6) is 0.745. The highest BCUT2D eigenvalue weighted by Gasteiger charge is 2.20. The lowest BCUT2D eigenvalue weighted by Crippen LogP contribution is -2.43. The summed E-state index contributed by atoms with van der Waals surface area (Å²) in [5, 5.41) is 11.7. The van der Waals surface area contributed by atoms with Gasteiger partial charge < -0.3 is 10.2 Å². The molecule has 1 aromatic carbocycles. The van der Waals surface area contributed by atoms with Crippen molar-refractivity contribution in [2.45, 2.75) is 19.5 Å². The Balaban J connectivity index is 1.62. The molecule has 3 aromatic rings. The molecule has 0 bridgehead atoms. The van der Waals surface area contributed by atoms with Gasteiger partial charge in [-0.15, -0.1) is 0 Å². The molecule has 9 nitrogen and oxygen atoms in total. The number of anilines is 1. The van der Waals surface area contributed by atoms with Gasteiger partial charge in [-0.05, 0) is 36.2 Å². The first kappa shape index (κ1) is 20.2. The Morgan fingerprint density at radius 1 is 1.20 bits per heavy atom. The topological polar surface area (TPSA) is 97.5 Å². The minimum absolute atomic E-state index is 0.170. The van der Waals surface area contributed by atoms with Crippen LogP contribution in [0.2, 0.25) is 0 Å². The lowest BCUT2D eigenvalue weighted by atomic mass is 10.1. The average Bonchev–Trinajstić information content (AvgIpc) is 3.09. The summed E-state index contributed by atoms with van der Waals surface area (Å²) in [7, 11) is 2.17. The van der Waals surface area contributed by atoms with Crippen molar-refractivity contribution in [1.82, 2.24) is 24.4 Å². The standard InChI is InChI=1S/C21H27N9/c1-16-18(13-29-10-8-28(2)9-11-29)14-30-20(16)21(23-15-25-30)26-19(12-24-27-22)17-6-4-3-5-7-17/h3-7,14-15,19H,8-13H2,1-2H3,(H,23,25,26)/t19-/m1/s1. The van der Waals surface area contributed by atoms with Gasteiger partial charge in [-0.1, -0.05) is 35.4 Å². The molecule has 1 saturated heterocycles. The van der Waals surface area contributed by atoms with Crippen molar-refractivity contribution in [3.8, 4) is 0 Å². The van der Waals surface area contributed by atoms with Crippen LogP contribution in [0.25, 0.3) is 16.0 Å². The Labute approximate surface area is 175 Å². The van der Waals surface area contributed by atoms with Gasteiger partial charge in [-0.25, -0.2) is 9.50 Å². The van der Waals surface area contributed by atoms with Gasteiger partial charge in [0.1, 0.15) is 11.8 Å². The highest BCUT2D eigenvalue weighted by molar-refractivity contribution is 5.74. The van der Waals surface area contributed by atoms with Crippen LogP contribution in [0, 0.1) is 6.92 Å². The van der Waals surface area contributed by atoms with Crippen LogP contribution in [0.4, 0.5) is 5.82 Å². The third-order valence-electron chi connectivity index (χ3n) is 5.76. The van der Waals surface area contributed by atoms with E-state index in [-0.39, 0.29) is 6.04 Å². The molecule has 0 radical (unpaired) electrons. The average molecular weight is 406 g/mol. The summed E-state index contributed by atoms with van der Waals surface area (Å²) in [6.45, 7) is 7.66. The number of nitrogens with zero attached hydrogens (tertiary/aromatic N) is 8. The van der Waals surface area contributed by atoms with Crippen LogP contribution >= 0.6 is 0 Å². The van der Waals surface area contributed by atoms with Gasteiger partial charge in [-0.2, -0.15) is 5.10 Å². The Hall–Kier alpha value is -3.13. The molecule has 3 heterocycles. The minimum atomic E-state index is -0.170. The summed E-state index contributed by atoms with van der Waals surface area (Å²) in [6.07, 6.45) is 3.66. The fourth-order valence-corrected chi connectivity index (χ4v) is 3.93. The predicted molar refractivity (Wildman–Crippen MR) is 117 cm³/mol. The maximum atomic E-state index is 8.81. The zero-order chi connectivity index (χ0) is 20.9. The smallest absolute Gasteiger partial charge is 0.154 e. The molecule has 1 aliphatic heterocycles. The molecule has 9 heteroatoms. The van der Waals surface area contributed by atoms with Crippen LogP contribution in [0.1, 0.15) is 22.7 Å². The molecule has 1 aliphatic rings. The molecule has 0 saturated carbocycles. The molecular weight excluding hydrogens is 378 g/mol. The van der Waals surface area contributed by atoms with E-state index in [4.69, 9.17) is 5.53 Å². The fraction of sp³-hybridized carbons (Fsp3) is 0.429. The second kappa shape index (κ2) is 9.13. The van der Waals surface area contributed by atoms with Crippen LogP contribution in [-0.2, 0) is 6.54 Å². The zero-order valence-corrected chi connectivity index (χ0v) is 17.4. The second-order valence-electron chi connectivity index (χ2n) is 7.78. The number of hydrogen-bond acceptors (Lipinski definition) is 6. The molecule has 1 N–H and O–H groups in total. The quantitative estimate of drug-likeness (QED) is 0.370. The van der Waals surface area contributed by atoms with Crippen molar-refractivity contribution < 1.29 is 0 Å². The summed E-state index contributed by atoms with van der Waals surface area (Å²) in [6, 6.07) is 9.80. The molecule has 0 spiro atoms. The van der Waals surface area contributed by atoms with Crippen molar-refractivity contribution in [1.29, 1.82) is 0 Å². The van der Waals surface area contributed by atoms with Crippen molar-refractivity contribution in [2.24, 2.45) is 5.11 Å². The number of benzene rings is 1. The SMILES string of the molecule is Cc1c(CN2CCN(C)CC2)cn2ncnc(N[C@H](CN=[N+]=[N-])c3ccccc3)c12. The highest BCUT2D eigenvalue weighted by atomic mass is 15.3. The first-order chi connectivity index (χ1) is 14.7. The van der Waals surface area contributed by atoms with E-state index in [1.54, 1.807) is 6.33 Å². The molecule has 1 atom stereocenters. The van der Waals surface area contributed by atoms with E-state index >= 15 is 0 Å². The lowest BCUT2D eigenvalue weighted by Gasteiger charge is -2.32. The number of hydrogen-bond donors (Lipinski definition) is 1. The van der Waals surface area contributed by atoms with Gasteiger partial charge in [0, 0.05) is 43.8 Å². The Bertz CT molecular complexity index is 1030. The molecule has 30 heavy (non-hydrogen) atoms. The number of piperazine rings is 1. The third kappa shape index (κ3) is 4.38. The molecular formula is C21H27N9. The molecule has 4 rings (SSSR count). The molecule has 2 aromatic heterocycles. The van der Waals surface area contributed by atoms with Crippen molar-refractivity contribution in [2.75, 3.05) is 45.1 Å². The van der Waals surface area contributed by atoms with Crippen LogP contribution in [0.15, 0.2) is 48.0 Å². The molecule has 0 amide bonds. The van der Waals surface area contributed by atoms with Gasteiger partial charge in [0.25, 0.3) is 0 Å². The number of azide groups is 1. The van der Waals surface area contributed by atoms with Crippen molar-refractivity contribution in [3.63, 3.8) is 0 Å². The van der Waals surface area contributed by atoms with Crippen molar-refractivity contribution >= 4 is 11.3 Å². The number of likely N-dealkylation sites (N-methyl/N-ethyl adjacent to an activating group) is 1. The van der Waals surface area contributed by atoms with E-state index in [9.17, 15) is 0 Å². The second-order valence-corrected chi connectivity index (χ2v) is 7.78. The Kier molecular flexibility index (Phi) is 6.13. The fourth-order valence-electron chi connectivity index (χ4n) is 3.93. The summed E-state index contributed by atoms with van der Waals surface area (Å²) < 4.78 is 1.89. The number of aryl methyl sites for hydroxylation is 1. The number of nitrogens with one attached hydrogen (secondary N) is 1. The maximum absolute atomic E-state index is 8.81. The first-order valence-corrected chi connectivity index (χ1v) is 10.2. The number of aromatic nitrogens is 3. The molecule has 1 fully saturated rings. The summed E-state index contributed by atoms with van der Waals surface area (Å²) in [4.78, 5) is 12.3. The Morgan fingerprint density at radius 3 is 2.70 bits per heavy atom. The van der Waals surface area contributed by atoms with Gasteiger partial charge in [0.05, 0.1) is 12.6 Å². The first-order valence-electron chi connectivity index (χ1n) is 10.2. The van der Waals surface area contributed by atoms with E-state index in [1.807, 2.05) is 34.8 Å². The molecule has 0 unspecified atom stereocenters. The van der Waals surface area contributed by atoms with Crippen LogP contribution < -0.4 is 5.32 Å². The summed E-state index contributed by atoms with van der Waals surface area (Å²) in [5.41, 5.74) is 13.3. The van der Waals surface area contributed by atoms with E-state index in [1.165, 1.54) is 11.1 Å². The number of fused-ring (bicyclic) bond motifs is 1. The molecule has 0 aliphatic carbocycles. The maximum Gasteiger partial charge on any atom is 0.154 e. The van der Waals surface area contributed by atoms with Gasteiger partial charge in [0.15, 0.2) is 5.82 Å². The lowest BCUT2D eigenvalue weighted by molar-refractivity contribution is 0.148. The largest absolute Gasteiger partial charge is 0.361 e. The highest BCUT2D eigenvalue weighted by Crippen LogP contribution is 2.27. The van der Waals surface area contributed by atoms with Crippen molar-refractivity contribution in [3.05, 3.63) is 70.0 Å². The van der Waals surface area contributed by atoms with E-state index < -0.39 is 0 Å². The summed E-state index contributed by atoms with van der Waals surface area (Å²) >= 11 is 0. The van der Waals surface area contributed by atoms with E-state index in [0.29, 0.717) is 6.54 Å². The van der Waals surface area contributed by atoms with Crippen LogP contribution in [0.3, 0.4) is 0 Å². The third-order valence-corrected chi connectivity index (χ3v) is 5.76. The van der Waals surface area contributed by atoms with Crippen LogP contribution in [0.5, 0.6) is 0 Å². The van der Waals surface area contributed by atoms with E-state index in [2.05, 4.69) is 55.4 Å².